The van der Waals surface area contributed by atoms with Gasteiger partial charge in [-0.25, -0.2) is 0 Å². The number of carbonyl (C=O) groups is 1. The van der Waals surface area contributed by atoms with E-state index < -0.39 is 0 Å². The number of nitrogens with zero attached hydrogens (tertiary/aromatic N) is 2. The van der Waals surface area contributed by atoms with Crippen LogP contribution in [0.25, 0.3) is 0 Å². The summed E-state index contributed by atoms with van der Waals surface area (Å²) in [5.41, 5.74) is 0. The molecule has 1 N–H and O–H groups in total. The van der Waals surface area contributed by atoms with Gasteiger partial charge in [-0.2, -0.15) is 0 Å². The summed E-state index contributed by atoms with van der Waals surface area (Å²) in [5, 5.41) is 3.38. The molecule has 1 amide bonds. The molecular weight excluding hydrogens is 274 g/mol. The van der Waals surface area contributed by atoms with Crippen LogP contribution in [0.2, 0.25) is 0 Å². The predicted molar refractivity (Wildman–Crippen MR) is 89.8 cm³/mol. The molecular formula is C18H33N3O. The van der Waals surface area contributed by atoms with Crippen molar-refractivity contribution >= 4 is 5.91 Å². The average molecular weight is 307 g/mol. The monoisotopic (exact) mass is 307 g/mol. The van der Waals surface area contributed by atoms with Crippen molar-refractivity contribution in [2.75, 3.05) is 45.8 Å². The SMILES string of the molecule is O=C(C1CCCNC1)N1CCCC(CN2CCCCCC2)C1. The number of hydrogen-bond donors (Lipinski definition) is 1. The van der Waals surface area contributed by atoms with E-state index in [0.29, 0.717) is 11.8 Å². The molecule has 3 fully saturated rings. The van der Waals surface area contributed by atoms with Crippen molar-refractivity contribution < 1.29 is 4.79 Å². The maximum atomic E-state index is 12.7. The Labute approximate surface area is 135 Å². The van der Waals surface area contributed by atoms with E-state index in [-0.39, 0.29) is 5.92 Å². The highest BCUT2D eigenvalue weighted by molar-refractivity contribution is 5.79. The van der Waals surface area contributed by atoms with Crippen molar-refractivity contribution in [3.05, 3.63) is 0 Å². The molecule has 0 spiro atoms. The minimum Gasteiger partial charge on any atom is -0.342 e. The Balaban J connectivity index is 1.48. The molecule has 3 aliphatic rings. The van der Waals surface area contributed by atoms with Crippen molar-refractivity contribution in [2.45, 2.75) is 51.4 Å². The van der Waals surface area contributed by atoms with Crippen LogP contribution in [0.4, 0.5) is 0 Å². The molecule has 0 aliphatic carbocycles. The summed E-state index contributed by atoms with van der Waals surface area (Å²) in [6.07, 6.45) is 10.3. The van der Waals surface area contributed by atoms with Crippen LogP contribution in [0.3, 0.4) is 0 Å². The second-order valence-electron chi connectivity index (χ2n) is 7.55. The van der Waals surface area contributed by atoms with Gasteiger partial charge in [-0.15, -0.1) is 0 Å². The van der Waals surface area contributed by atoms with Crippen LogP contribution in [-0.4, -0.2) is 61.5 Å². The molecule has 0 aromatic heterocycles. The van der Waals surface area contributed by atoms with Crippen molar-refractivity contribution in [1.29, 1.82) is 0 Å². The molecule has 2 atom stereocenters. The maximum Gasteiger partial charge on any atom is 0.226 e. The first-order valence-electron chi connectivity index (χ1n) is 9.55. The van der Waals surface area contributed by atoms with Gasteiger partial charge in [0.15, 0.2) is 0 Å². The quantitative estimate of drug-likeness (QED) is 0.867. The highest BCUT2D eigenvalue weighted by atomic mass is 16.2. The van der Waals surface area contributed by atoms with E-state index in [2.05, 4.69) is 15.1 Å². The number of hydrogen-bond acceptors (Lipinski definition) is 3. The van der Waals surface area contributed by atoms with Crippen LogP contribution in [-0.2, 0) is 4.79 Å². The molecule has 22 heavy (non-hydrogen) atoms. The zero-order valence-corrected chi connectivity index (χ0v) is 14.1. The van der Waals surface area contributed by atoms with Crippen molar-refractivity contribution in [2.24, 2.45) is 11.8 Å². The highest BCUT2D eigenvalue weighted by Crippen LogP contribution is 2.22. The third kappa shape index (κ3) is 4.45. The van der Waals surface area contributed by atoms with Crippen LogP contribution >= 0.6 is 0 Å². The number of carbonyl (C=O) groups excluding carboxylic acids is 1. The summed E-state index contributed by atoms with van der Waals surface area (Å²) in [6, 6.07) is 0. The van der Waals surface area contributed by atoms with Crippen LogP contribution in [0, 0.1) is 11.8 Å². The van der Waals surface area contributed by atoms with Crippen LogP contribution in [0.5, 0.6) is 0 Å². The Morgan fingerprint density at radius 1 is 0.955 bits per heavy atom. The van der Waals surface area contributed by atoms with Gasteiger partial charge in [-0.3, -0.25) is 4.79 Å². The van der Waals surface area contributed by atoms with Gasteiger partial charge < -0.3 is 15.1 Å². The second-order valence-corrected chi connectivity index (χ2v) is 7.55. The number of likely N-dealkylation sites (tertiary alicyclic amines) is 2. The first-order chi connectivity index (χ1) is 10.8. The molecule has 4 heteroatoms. The fourth-order valence-electron chi connectivity index (χ4n) is 4.42. The third-order valence-electron chi connectivity index (χ3n) is 5.69. The Morgan fingerprint density at radius 3 is 2.50 bits per heavy atom. The highest BCUT2D eigenvalue weighted by Gasteiger charge is 2.30. The summed E-state index contributed by atoms with van der Waals surface area (Å²) < 4.78 is 0. The Bertz CT molecular complexity index is 346. The molecule has 0 aromatic rings. The van der Waals surface area contributed by atoms with Gasteiger partial charge in [0.1, 0.15) is 0 Å². The van der Waals surface area contributed by atoms with E-state index in [1.165, 1.54) is 58.2 Å². The molecule has 0 saturated carbocycles. The van der Waals surface area contributed by atoms with Crippen LogP contribution < -0.4 is 5.32 Å². The largest absolute Gasteiger partial charge is 0.342 e. The van der Waals surface area contributed by atoms with Crippen LogP contribution in [0.1, 0.15) is 51.4 Å². The van der Waals surface area contributed by atoms with E-state index >= 15 is 0 Å². The Kier molecular flexibility index (Phi) is 6.13. The van der Waals surface area contributed by atoms with E-state index in [1.54, 1.807) is 0 Å². The topological polar surface area (TPSA) is 35.6 Å². The van der Waals surface area contributed by atoms with Gasteiger partial charge in [0, 0.05) is 26.2 Å². The molecule has 3 aliphatic heterocycles. The third-order valence-corrected chi connectivity index (χ3v) is 5.69. The van der Waals surface area contributed by atoms with Gasteiger partial charge in [0.2, 0.25) is 5.91 Å². The number of amides is 1. The standard InChI is InChI=1S/C18H33N3O/c22-18(17-8-5-9-19-13-17)21-12-6-7-16(15-21)14-20-10-3-1-2-4-11-20/h16-17,19H,1-15H2. The normalized spacial score (nSPS) is 31.7. The number of rotatable bonds is 3. The smallest absolute Gasteiger partial charge is 0.226 e. The lowest BCUT2D eigenvalue weighted by atomic mass is 9.93. The van der Waals surface area contributed by atoms with E-state index in [9.17, 15) is 4.79 Å². The van der Waals surface area contributed by atoms with Crippen molar-refractivity contribution in [3.63, 3.8) is 0 Å². The lowest BCUT2D eigenvalue weighted by Gasteiger charge is -2.37. The van der Waals surface area contributed by atoms with E-state index in [1.807, 2.05) is 0 Å². The molecule has 0 aromatic carbocycles. The van der Waals surface area contributed by atoms with Gasteiger partial charge in [0.05, 0.1) is 5.92 Å². The Morgan fingerprint density at radius 2 is 1.77 bits per heavy atom. The Hall–Kier alpha value is -0.610. The van der Waals surface area contributed by atoms with Gasteiger partial charge in [-0.1, -0.05) is 12.8 Å². The van der Waals surface area contributed by atoms with Crippen molar-refractivity contribution in [3.8, 4) is 0 Å². The molecule has 2 unspecified atom stereocenters. The fourth-order valence-corrected chi connectivity index (χ4v) is 4.42. The zero-order valence-electron chi connectivity index (χ0n) is 14.1. The van der Waals surface area contributed by atoms with Gasteiger partial charge in [-0.05, 0) is 64.1 Å². The predicted octanol–water partition coefficient (Wildman–Crippen LogP) is 2.10. The van der Waals surface area contributed by atoms with E-state index in [0.717, 1.165) is 39.0 Å². The molecule has 0 radical (unpaired) electrons. The summed E-state index contributed by atoms with van der Waals surface area (Å²) in [5.74, 6) is 1.37. The van der Waals surface area contributed by atoms with Gasteiger partial charge >= 0.3 is 0 Å². The summed E-state index contributed by atoms with van der Waals surface area (Å²) in [4.78, 5) is 17.6. The molecule has 3 rings (SSSR count). The lowest BCUT2D eigenvalue weighted by Crippen LogP contribution is -2.48. The van der Waals surface area contributed by atoms with Crippen molar-refractivity contribution in [1.82, 2.24) is 15.1 Å². The zero-order chi connectivity index (χ0) is 15.2. The fraction of sp³-hybridized carbons (Fsp3) is 0.944. The maximum absolute atomic E-state index is 12.7. The second kappa shape index (κ2) is 8.30. The minimum atomic E-state index is 0.241. The first-order valence-corrected chi connectivity index (χ1v) is 9.55. The van der Waals surface area contributed by atoms with E-state index in [4.69, 9.17) is 0 Å². The number of piperidine rings is 2. The number of nitrogens with one attached hydrogen (secondary N) is 1. The lowest BCUT2D eigenvalue weighted by molar-refractivity contribution is -0.138. The molecule has 126 valence electrons. The summed E-state index contributed by atoms with van der Waals surface area (Å²) >= 11 is 0. The van der Waals surface area contributed by atoms with Gasteiger partial charge in [0.25, 0.3) is 0 Å². The molecule has 3 saturated heterocycles. The molecule has 4 nitrogen and oxygen atoms in total. The average Bonchev–Trinajstić information content (AvgIpc) is 2.84. The van der Waals surface area contributed by atoms with Crippen LogP contribution in [0.15, 0.2) is 0 Å². The first kappa shape index (κ1) is 16.3. The summed E-state index contributed by atoms with van der Waals surface area (Å²) in [6.45, 7) is 7.74. The molecule has 0 bridgehead atoms. The summed E-state index contributed by atoms with van der Waals surface area (Å²) in [7, 11) is 0. The molecule has 3 heterocycles. The minimum absolute atomic E-state index is 0.241.